The van der Waals surface area contributed by atoms with Crippen LogP contribution in [0.4, 0.5) is 5.69 Å². The normalized spacial score (nSPS) is 21.5. The number of aldehydes is 1. The van der Waals surface area contributed by atoms with Crippen molar-refractivity contribution >= 4 is 51.9 Å². The highest BCUT2D eigenvalue weighted by molar-refractivity contribution is 5.98. The van der Waals surface area contributed by atoms with Gasteiger partial charge in [-0.15, -0.1) is 0 Å². The first-order valence-electron chi connectivity index (χ1n) is 34.5. The third kappa shape index (κ3) is 16.1. The van der Waals surface area contributed by atoms with E-state index in [-0.39, 0.29) is 11.6 Å². The zero-order valence-corrected chi connectivity index (χ0v) is 59.6. The highest BCUT2D eigenvalue weighted by Crippen LogP contribution is 2.46. The van der Waals surface area contributed by atoms with Crippen LogP contribution in [0.25, 0.3) is 45.1 Å². The standard InChI is InChI=1S/C26H30N4O4.C25H28N4O4.C16H23NO4.C10H10N2O/c1-26(34-4)11-17(12-26)15-30-23-20(9-18(25(31)33-3)10-22(23)32-2)28-24(30)21-8-7-19(13-27)29(21)14-16-5-6-16;1-25(31)10-16(11-25)14-29-22-19(8-17(24(30)33-3)9-21(22)32-2)27-23(29)20-7-6-18(12-26)28(20)13-15-4-5-15;1-10-5-12(15(18)21-4)6-13(20-3)14(10)17-9-11-7-16(2,19)8-11;11-5-9-3-4-10(7-13)12(9)6-8-1-2-8/h7-10,16-17H,5-6,11-12,14-15H2,1-4H3;6-9,15-16,31H,4-5,10-11,13-14H2,1-3H3;5-6,11,17,19H,7-9H2,1-4H3;3-4,7-8H,1-2,6H2. The van der Waals surface area contributed by atoms with E-state index >= 15 is 0 Å². The molecule has 6 fully saturated rings. The molecule has 0 atom stereocenters. The van der Waals surface area contributed by atoms with Crippen LogP contribution in [0.2, 0.25) is 0 Å². The molecule has 101 heavy (non-hydrogen) atoms. The van der Waals surface area contributed by atoms with Gasteiger partial charge in [0.25, 0.3) is 0 Å². The van der Waals surface area contributed by atoms with Gasteiger partial charge in [-0.2, -0.15) is 15.8 Å². The molecule has 0 bridgehead atoms. The SMILES string of the molecule is COC(=O)c1cc(C)c(NCC2CC(C)(O)C2)c(OC)c1.COC(=O)c1cc(OC)c2c(c1)nc(-c1ccc(C#N)n1CC1CC1)n2CC1CC(C)(O)C1.COC(=O)c1cc(OC)c2c(c1)nc(-c1ccc(C#N)n1CC1CC1)n2CC1CC(C)(OC)C1.N#Cc1ccc(C=O)n1CC1CC1. The predicted octanol–water partition coefficient (Wildman–Crippen LogP) is 12.1. The summed E-state index contributed by atoms with van der Waals surface area (Å²) < 4.78 is 47.3. The fourth-order valence-electron chi connectivity index (χ4n) is 14.7. The van der Waals surface area contributed by atoms with Crippen molar-refractivity contribution < 1.29 is 62.5 Å². The summed E-state index contributed by atoms with van der Waals surface area (Å²) in [6.45, 7) is 12.4. The molecule has 24 nitrogen and oxygen atoms in total. The smallest absolute Gasteiger partial charge is 0.338 e. The van der Waals surface area contributed by atoms with E-state index in [2.05, 4.69) is 48.7 Å². The lowest BCUT2D eigenvalue weighted by Gasteiger charge is -2.44. The van der Waals surface area contributed by atoms with Crippen molar-refractivity contribution in [2.24, 2.45) is 35.5 Å². The van der Waals surface area contributed by atoms with Crippen molar-refractivity contribution in [2.75, 3.05) is 61.6 Å². The quantitative estimate of drug-likeness (QED) is 0.0304. The zero-order chi connectivity index (χ0) is 72.2. The number of rotatable bonds is 23. The Balaban J connectivity index is 0.000000143. The Morgan fingerprint density at radius 1 is 0.515 bits per heavy atom. The van der Waals surface area contributed by atoms with Gasteiger partial charge in [-0.25, -0.2) is 24.4 Å². The minimum absolute atomic E-state index is 0.0937. The van der Waals surface area contributed by atoms with Crippen LogP contribution in [0.1, 0.15) is 162 Å². The topological polar surface area (TPSA) is 307 Å². The van der Waals surface area contributed by atoms with E-state index in [1.165, 1.54) is 59.9 Å². The van der Waals surface area contributed by atoms with Crippen LogP contribution in [0.3, 0.4) is 0 Å². The van der Waals surface area contributed by atoms with Crippen molar-refractivity contribution in [2.45, 2.75) is 154 Å². The van der Waals surface area contributed by atoms with Crippen LogP contribution >= 0.6 is 0 Å². The second-order valence-corrected chi connectivity index (χ2v) is 28.8. The molecule has 532 valence electrons. The third-order valence-electron chi connectivity index (χ3n) is 20.4. The molecule has 6 aliphatic carbocycles. The van der Waals surface area contributed by atoms with E-state index in [0.29, 0.717) is 123 Å². The molecule has 0 amide bonds. The molecule has 0 unspecified atom stereocenters. The number of benzene rings is 3. The number of imidazole rings is 2. The van der Waals surface area contributed by atoms with Gasteiger partial charge in [-0.3, -0.25) is 4.79 Å². The first-order chi connectivity index (χ1) is 48.4. The first-order valence-corrected chi connectivity index (χ1v) is 34.5. The Bertz CT molecular complexity index is 4530. The summed E-state index contributed by atoms with van der Waals surface area (Å²) in [4.78, 5) is 56.7. The fraction of sp³-hybridized carbons (Fsp3) is 0.494. The highest BCUT2D eigenvalue weighted by atomic mass is 16.5. The van der Waals surface area contributed by atoms with Crippen LogP contribution in [0, 0.1) is 76.4 Å². The maximum Gasteiger partial charge on any atom is 0.338 e. The Hall–Kier alpha value is -9.93. The van der Waals surface area contributed by atoms with Crippen LogP contribution in [-0.4, -0.2) is 140 Å². The average Bonchev–Trinajstić information content (AvgIpc) is 1.60. The number of fused-ring (bicyclic) bond motifs is 2. The van der Waals surface area contributed by atoms with Gasteiger partial charge in [-0.1, -0.05) is 0 Å². The van der Waals surface area contributed by atoms with Crippen LogP contribution in [-0.2, 0) is 51.7 Å². The molecule has 24 heteroatoms. The number of nitrogens with one attached hydrogen (secondary N) is 1. The van der Waals surface area contributed by atoms with Crippen molar-refractivity contribution in [1.82, 2.24) is 32.8 Å². The molecular weight excluding hydrogens is 1290 g/mol. The maximum absolute atomic E-state index is 12.3. The van der Waals surface area contributed by atoms with Crippen LogP contribution < -0.4 is 19.5 Å². The molecular formula is C77H91N11O13. The molecule has 3 aromatic carbocycles. The van der Waals surface area contributed by atoms with Crippen molar-refractivity contribution in [3.63, 3.8) is 0 Å². The predicted molar refractivity (Wildman–Crippen MR) is 377 cm³/mol. The molecule has 6 saturated carbocycles. The molecule has 0 spiro atoms. The number of nitrogens with zero attached hydrogens (tertiary/aromatic N) is 10. The lowest BCUT2D eigenvalue weighted by molar-refractivity contribution is -0.0937. The van der Waals surface area contributed by atoms with Gasteiger partial charge in [0.1, 0.15) is 63.6 Å². The average molecular weight is 1380 g/mol. The maximum atomic E-state index is 12.3. The van der Waals surface area contributed by atoms with Gasteiger partial charge in [0.2, 0.25) is 0 Å². The van der Waals surface area contributed by atoms with Crippen molar-refractivity contribution in [3.8, 4) is 58.5 Å². The molecule has 6 aliphatic rings. The number of aryl methyl sites for hydroxylation is 1. The number of carbonyl (C=O) groups is 4. The Morgan fingerprint density at radius 2 is 0.891 bits per heavy atom. The lowest BCUT2D eigenvalue weighted by atomic mass is 9.72. The Morgan fingerprint density at radius 3 is 1.28 bits per heavy atom. The van der Waals surface area contributed by atoms with Gasteiger partial charge in [0, 0.05) is 46.4 Å². The molecule has 0 aliphatic heterocycles. The summed E-state index contributed by atoms with van der Waals surface area (Å²) in [6.07, 6.45) is 12.9. The summed E-state index contributed by atoms with van der Waals surface area (Å²) in [5.41, 5.74) is 9.00. The number of methoxy groups -OCH3 is 7. The number of ether oxygens (including phenoxy) is 7. The van der Waals surface area contributed by atoms with E-state index in [4.69, 9.17) is 48.4 Å². The number of hydrogen-bond acceptors (Lipinski definition) is 19. The molecule has 5 heterocycles. The van der Waals surface area contributed by atoms with Crippen molar-refractivity contribution in [3.05, 3.63) is 118 Å². The lowest BCUT2D eigenvalue weighted by Crippen LogP contribution is -2.44. The molecule has 0 saturated heterocycles. The van der Waals surface area contributed by atoms with Gasteiger partial charge < -0.3 is 71.5 Å². The van der Waals surface area contributed by atoms with Gasteiger partial charge in [-0.05, 0) is 219 Å². The number of esters is 3. The van der Waals surface area contributed by atoms with Crippen LogP contribution in [0.5, 0.6) is 17.2 Å². The first kappa shape index (κ1) is 72.3. The summed E-state index contributed by atoms with van der Waals surface area (Å²) >= 11 is 0. The summed E-state index contributed by atoms with van der Waals surface area (Å²) in [7, 11) is 10.6. The fourth-order valence-corrected chi connectivity index (χ4v) is 14.7. The highest BCUT2D eigenvalue weighted by Gasteiger charge is 2.43. The Kier molecular flexibility index (Phi) is 21.6. The summed E-state index contributed by atoms with van der Waals surface area (Å²) in [6, 6.07) is 28.1. The zero-order valence-electron chi connectivity index (χ0n) is 59.6. The molecule has 5 aromatic heterocycles. The van der Waals surface area contributed by atoms with Gasteiger partial charge in [0.15, 0.2) is 17.9 Å². The number of nitriles is 3. The molecule has 14 rings (SSSR count). The van der Waals surface area contributed by atoms with Gasteiger partial charge >= 0.3 is 17.9 Å². The van der Waals surface area contributed by atoms with E-state index in [1.807, 2.05) is 49.6 Å². The molecule has 3 N–H and O–H groups in total. The number of hydrogen-bond donors (Lipinski definition) is 3. The number of aliphatic hydroxyl groups is 2. The number of anilines is 1. The minimum Gasteiger partial charge on any atom is -0.495 e. The second kappa shape index (κ2) is 30.1. The second-order valence-electron chi connectivity index (χ2n) is 28.8. The van der Waals surface area contributed by atoms with Crippen molar-refractivity contribution in [1.29, 1.82) is 15.8 Å². The molecule has 8 aromatic rings. The molecule has 0 radical (unpaired) electrons. The van der Waals surface area contributed by atoms with E-state index in [9.17, 15) is 39.9 Å². The number of aromatic nitrogens is 7. The van der Waals surface area contributed by atoms with E-state index in [1.54, 1.807) is 77.0 Å². The largest absolute Gasteiger partial charge is 0.495 e. The monoisotopic (exact) mass is 1380 g/mol. The third-order valence-corrected chi connectivity index (χ3v) is 20.4. The summed E-state index contributed by atoms with van der Waals surface area (Å²) in [5.74, 6) is 5.04. The number of carbonyl (C=O) groups excluding carboxylic acids is 4. The summed E-state index contributed by atoms with van der Waals surface area (Å²) in [5, 5.41) is 51.6. The minimum atomic E-state index is -0.635. The van der Waals surface area contributed by atoms with Crippen LogP contribution in [0.15, 0.2) is 72.8 Å². The Labute approximate surface area is 588 Å². The van der Waals surface area contributed by atoms with E-state index in [0.717, 1.165) is 110 Å². The van der Waals surface area contributed by atoms with E-state index < -0.39 is 23.1 Å². The van der Waals surface area contributed by atoms with Gasteiger partial charge in [0.05, 0.1) is 110 Å².